The van der Waals surface area contributed by atoms with Crippen molar-refractivity contribution in [3.8, 4) is 0 Å². The number of benzene rings is 1. The molecule has 0 atom stereocenters. The van der Waals surface area contributed by atoms with Crippen LogP contribution in [0.3, 0.4) is 0 Å². The summed E-state index contributed by atoms with van der Waals surface area (Å²) in [4.78, 5) is 27.5. The lowest BCUT2D eigenvalue weighted by Gasteiger charge is -2.31. The number of ether oxygens (including phenoxy) is 1. The average Bonchev–Trinajstić information content (AvgIpc) is 3.18. The average molecular weight is 424 g/mol. The molecule has 1 saturated carbocycles. The van der Waals surface area contributed by atoms with Crippen molar-refractivity contribution in [1.82, 2.24) is 14.5 Å². The Bertz CT molecular complexity index is 857. The molecule has 0 unspecified atom stereocenters. The van der Waals surface area contributed by atoms with Crippen LogP contribution in [0.2, 0.25) is 0 Å². The number of piperazine rings is 1. The summed E-state index contributed by atoms with van der Waals surface area (Å²) >= 11 is 0. The molecule has 1 aromatic carbocycles. The van der Waals surface area contributed by atoms with Gasteiger partial charge in [0.1, 0.15) is 5.54 Å². The van der Waals surface area contributed by atoms with E-state index in [0.29, 0.717) is 39.0 Å². The minimum atomic E-state index is -3.67. The predicted molar refractivity (Wildman–Crippen MR) is 108 cm³/mol. The van der Waals surface area contributed by atoms with Crippen molar-refractivity contribution in [2.24, 2.45) is 0 Å². The molecule has 9 heteroatoms. The van der Waals surface area contributed by atoms with Crippen LogP contribution in [0, 0.1) is 0 Å². The highest BCUT2D eigenvalue weighted by molar-refractivity contribution is 7.89. The number of carbonyl (C=O) groups excluding carboxylic acids is 2. The van der Waals surface area contributed by atoms with Crippen LogP contribution in [-0.2, 0) is 19.6 Å². The fraction of sp³-hybridized carbons (Fsp3) is 0.600. The molecular formula is C20H29N3O5S. The number of nitrogens with one attached hydrogen (secondary N) is 1. The van der Waals surface area contributed by atoms with Gasteiger partial charge in [0.2, 0.25) is 10.0 Å². The molecule has 0 bridgehead atoms. The van der Waals surface area contributed by atoms with Crippen molar-refractivity contribution >= 4 is 21.9 Å². The Labute approximate surface area is 172 Å². The Morgan fingerprint density at radius 2 is 1.79 bits per heavy atom. The third-order valence-electron chi connectivity index (χ3n) is 5.67. The molecule has 1 N–H and O–H groups in total. The van der Waals surface area contributed by atoms with E-state index in [1.54, 1.807) is 19.1 Å². The lowest BCUT2D eigenvalue weighted by atomic mass is 9.97. The van der Waals surface area contributed by atoms with Crippen molar-refractivity contribution in [2.45, 2.75) is 43.0 Å². The van der Waals surface area contributed by atoms with E-state index in [4.69, 9.17) is 4.74 Å². The van der Waals surface area contributed by atoms with Gasteiger partial charge in [-0.3, -0.25) is 4.79 Å². The summed E-state index contributed by atoms with van der Waals surface area (Å²) in [6, 6.07) is 6.01. The SMILES string of the molecule is CCOC(=O)C1(NC(=O)c2cccc(S(=O)(=O)N3CCN(C)CC3)c2)CCCC1. The second kappa shape index (κ2) is 8.81. The first-order chi connectivity index (χ1) is 13.8. The molecule has 1 saturated heterocycles. The van der Waals surface area contributed by atoms with Gasteiger partial charge in [-0.1, -0.05) is 18.9 Å². The molecule has 1 amide bonds. The van der Waals surface area contributed by atoms with E-state index in [1.807, 2.05) is 7.05 Å². The number of rotatable bonds is 6. The molecule has 1 aromatic rings. The van der Waals surface area contributed by atoms with Gasteiger partial charge in [0.05, 0.1) is 11.5 Å². The number of hydrogen-bond acceptors (Lipinski definition) is 6. The molecular weight excluding hydrogens is 394 g/mol. The Morgan fingerprint density at radius 1 is 1.14 bits per heavy atom. The van der Waals surface area contributed by atoms with Crippen LogP contribution in [0.15, 0.2) is 29.2 Å². The molecule has 0 radical (unpaired) electrons. The van der Waals surface area contributed by atoms with Gasteiger partial charge in [0, 0.05) is 31.7 Å². The largest absolute Gasteiger partial charge is 0.464 e. The summed E-state index contributed by atoms with van der Waals surface area (Å²) in [5.41, 5.74) is -0.810. The van der Waals surface area contributed by atoms with Gasteiger partial charge in [-0.05, 0) is 45.0 Å². The van der Waals surface area contributed by atoms with Gasteiger partial charge >= 0.3 is 5.97 Å². The number of esters is 1. The van der Waals surface area contributed by atoms with E-state index in [1.165, 1.54) is 16.4 Å². The Morgan fingerprint density at radius 3 is 2.41 bits per heavy atom. The topological polar surface area (TPSA) is 96.0 Å². The molecule has 29 heavy (non-hydrogen) atoms. The van der Waals surface area contributed by atoms with Gasteiger partial charge < -0.3 is 15.0 Å². The fourth-order valence-corrected chi connectivity index (χ4v) is 5.36. The lowest BCUT2D eigenvalue weighted by molar-refractivity contribution is -0.150. The minimum Gasteiger partial charge on any atom is -0.464 e. The number of amides is 1. The van der Waals surface area contributed by atoms with Crippen LogP contribution in [-0.4, -0.2) is 74.9 Å². The van der Waals surface area contributed by atoms with E-state index in [2.05, 4.69) is 10.2 Å². The fourth-order valence-electron chi connectivity index (χ4n) is 3.89. The first-order valence-corrected chi connectivity index (χ1v) is 11.5. The maximum atomic E-state index is 13.0. The summed E-state index contributed by atoms with van der Waals surface area (Å²) in [5.74, 6) is -0.887. The molecule has 1 heterocycles. The number of hydrogen-bond donors (Lipinski definition) is 1. The highest BCUT2D eigenvalue weighted by atomic mass is 32.2. The highest BCUT2D eigenvalue weighted by Gasteiger charge is 2.44. The third-order valence-corrected chi connectivity index (χ3v) is 7.57. The van der Waals surface area contributed by atoms with Crippen molar-refractivity contribution in [3.63, 3.8) is 0 Å². The summed E-state index contributed by atoms with van der Waals surface area (Å²) in [6.07, 6.45) is 2.71. The maximum Gasteiger partial charge on any atom is 0.331 e. The molecule has 0 spiro atoms. The van der Waals surface area contributed by atoms with Crippen LogP contribution in [0.25, 0.3) is 0 Å². The summed E-state index contributed by atoms with van der Waals surface area (Å²) in [6.45, 7) is 4.15. The van der Waals surface area contributed by atoms with E-state index in [0.717, 1.165) is 12.8 Å². The molecule has 8 nitrogen and oxygen atoms in total. The third kappa shape index (κ3) is 4.62. The normalized spacial score (nSPS) is 20.3. The van der Waals surface area contributed by atoms with Crippen molar-refractivity contribution < 1.29 is 22.7 Å². The summed E-state index contributed by atoms with van der Waals surface area (Å²) in [5, 5.41) is 2.83. The van der Waals surface area contributed by atoms with Gasteiger partial charge in [-0.25, -0.2) is 13.2 Å². The number of likely N-dealkylation sites (N-methyl/N-ethyl adjacent to an activating group) is 1. The second-order valence-electron chi connectivity index (χ2n) is 7.70. The second-order valence-corrected chi connectivity index (χ2v) is 9.64. The van der Waals surface area contributed by atoms with Gasteiger partial charge in [-0.15, -0.1) is 0 Å². The quantitative estimate of drug-likeness (QED) is 0.692. The first kappa shape index (κ1) is 21.7. The maximum absolute atomic E-state index is 13.0. The van der Waals surface area contributed by atoms with Crippen molar-refractivity contribution in [3.05, 3.63) is 29.8 Å². The monoisotopic (exact) mass is 423 g/mol. The number of sulfonamides is 1. The van der Waals surface area contributed by atoms with Crippen LogP contribution in [0.4, 0.5) is 0 Å². The van der Waals surface area contributed by atoms with E-state index >= 15 is 0 Å². The molecule has 2 aliphatic rings. The van der Waals surface area contributed by atoms with Crippen LogP contribution < -0.4 is 5.32 Å². The zero-order valence-electron chi connectivity index (χ0n) is 17.0. The zero-order chi connectivity index (χ0) is 21.1. The minimum absolute atomic E-state index is 0.0892. The van der Waals surface area contributed by atoms with Gasteiger partial charge in [0.25, 0.3) is 5.91 Å². The first-order valence-electron chi connectivity index (χ1n) is 10.1. The van der Waals surface area contributed by atoms with Crippen molar-refractivity contribution in [1.29, 1.82) is 0 Å². The summed E-state index contributed by atoms with van der Waals surface area (Å²) < 4.78 is 32.6. The number of carbonyl (C=O) groups is 2. The van der Waals surface area contributed by atoms with Crippen LogP contribution in [0.5, 0.6) is 0 Å². The smallest absolute Gasteiger partial charge is 0.331 e. The Kier molecular flexibility index (Phi) is 6.60. The lowest BCUT2D eigenvalue weighted by Crippen LogP contribution is -2.53. The number of nitrogens with zero attached hydrogens (tertiary/aromatic N) is 2. The van der Waals surface area contributed by atoms with E-state index in [9.17, 15) is 18.0 Å². The molecule has 1 aliphatic carbocycles. The molecule has 160 valence electrons. The van der Waals surface area contributed by atoms with E-state index in [-0.39, 0.29) is 17.1 Å². The van der Waals surface area contributed by atoms with Crippen LogP contribution in [0.1, 0.15) is 43.0 Å². The molecule has 0 aromatic heterocycles. The predicted octanol–water partition coefficient (Wildman–Crippen LogP) is 1.23. The standard InChI is InChI=1S/C20H29N3O5S/c1-3-28-19(25)20(9-4-5-10-20)21-18(24)16-7-6-8-17(15-16)29(26,27)23-13-11-22(2)12-14-23/h6-8,15H,3-5,9-14H2,1-2H3,(H,21,24). The molecule has 1 aliphatic heterocycles. The molecule has 2 fully saturated rings. The van der Waals surface area contributed by atoms with E-state index < -0.39 is 27.4 Å². The van der Waals surface area contributed by atoms with Gasteiger partial charge in [-0.2, -0.15) is 4.31 Å². The molecule has 3 rings (SSSR count). The Balaban J connectivity index is 1.79. The van der Waals surface area contributed by atoms with Crippen molar-refractivity contribution in [2.75, 3.05) is 39.8 Å². The summed E-state index contributed by atoms with van der Waals surface area (Å²) in [7, 11) is -1.72. The van der Waals surface area contributed by atoms with Crippen LogP contribution >= 0.6 is 0 Å². The Hall–Kier alpha value is -1.97. The van der Waals surface area contributed by atoms with Gasteiger partial charge in [0.15, 0.2) is 0 Å². The zero-order valence-corrected chi connectivity index (χ0v) is 17.8. The highest BCUT2D eigenvalue weighted by Crippen LogP contribution is 2.31.